The Balaban J connectivity index is 2.08. The number of methoxy groups -OCH3 is 1. The fraction of sp³-hybridized carbons (Fsp3) is 0.625. The molecule has 1 fully saturated rings. The zero-order chi connectivity index (χ0) is 7.84. The lowest BCUT2D eigenvalue weighted by Crippen LogP contribution is -2.24. The van der Waals surface area contributed by atoms with Crippen LogP contribution in [-0.4, -0.2) is 25.3 Å². The van der Waals surface area contributed by atoms with Gasteiger partial charge in [-0.15, -0.1) is 0 Å². The summed E-state index contributed by atoms with van der Waals surface area (Å²) in [5.74, 6) is -0.211. The summed E-state index contributed by atoms with van der Waals surface area (Å²) >= 11 is 0. The summed E-state index contributed by atoms with van der Waals surface area (Å²) in [5.41, 5.74) is 0. The van der Waals surface area contributed by atoms with Crippen LogP contribution in [0.4, 0.5) is 0 Å². The molecular weight excluding hydrogens is 144 g/mol. The lowest BCUT2D eigenvalue weighted by molar-refractivity contribution is -0.146. The number of ether oxygens (including phenoxy) is 2. The van der Waals surface area contributed by atoms with E-state index in [9.17, 15) is 4.79 Å². The molecule has 0 amide bonds. The second-order valence-electron chi connectivity index (χ2n) is 2.89. The van der Waals surface area contributed by atoms with Gasteiger partial charge in [-0.3, -0.25) is 4.79 Å². The van der Waals surface area contributed by atoms with E-state index in [0.717, 1.165) is 6.42 Å². The smallest absolute Gasteiger partial charge is 0.311 e. The van der Waals surface area contributed by atoms with Gasteiger partial charge < -0.3 is 9.47 Å². The Morgan fingerprint density at radius 3 is 2.91 bits per heavy atom. The molecular formula is C8H10O3. The molecule has 0 aromatic carbocycles. The molecule has 2 unspecified atom stereocenters. The zero-order valence-corrected chi connectivity index (χ0v) is 6.32. The van der Waals surface area contributed by atoms with Gasteiger partial charge in [0.25, 0.3) is 0 Å². The van der Waals surface area contributed by atoms with Crippen molar-refractivity contribution in [2.75, 3.05) is 7.11 Å². The summed E-state index contributed by atoms with van der Waals surface area (Å²) in [6.07, 6.45) is 4.87. The Kier molecular flexibility index (Phi) is 1.46. The second kappa shape index (κ2) is 2.34. The first-order valence-electron chi connectivity index (χ1n) is 3.73. The van der Waals surface area contributed by atoms with Crippen LogP contribution in [-0.2, 0) is 14.3 Å². The number of rotatable bonds is 1. The monoisotopic (exact) mass is 154 g/mol. The molecule has 2 rings (SSSR count). The highest BCUT2D eigenvalue weighted by Gasteiger charge is 2.41. The molecule has 0 spiro atoms. The molecule has 11 heavy (non-hydrogen) atoms. The van der Waals surface area contributed by atoms with E-state index in [4.69, 9.17) is 4.74 Å². The third-order valence-corrected chi connectivity index (χ3v) is 2.23. The van der Waals surface area contributed by atoms with Gasteiger partial charge in [-0.25, -0.2) is 0 Å². The van der Waals surface area contributed by atoms with Crippen molar-refractivity contribution >= 4 is 5.97 Å². The van der Waals surface area contributed by atoms with Crippen molar-refractivity contribution in [1.82, 2.24) is 0 Å². The van der Waals surface area contributed by atoms with Crippen LogP contribution in [0.3, 0.4) is 0 Å². The minimum atomic E-state index is -0.151. The molecule has 0 N–H and O–H groups in total. The van der Waals surface area contributed by atoms with Crippen LogP contribution >= 0.6 is 0 Å². The third kappa shape index (κ3) is 0.959. The van der Waals surface area contributed by atoms with Crippen LogP contribution in [0, 0.1) is 5.92 Å². The van der Waals surface area contributed by atoms with Crippen LogP contribution < -0.4 is 0 Å². The first-order chi connectivity index (χ1) is 5.31. The SMILES string of the molecule is COC(=O)[C@H]1CC2C=CC1O2. The van der Waals surface area contributed by atoms with Gasteiger partial charge in [-0.05, 0) is 6.42 Å². The molecule has 0 aromatic rings. The molecule has 0 aliphatic carbocycles. The predicted molar refractivity (Wildman–Crippen MR) is 37.9 cm³/mol. The highest BCUT2D eigenvalue weighted by molar-refractivity contribution is 5.74. The summed E-state index contributed by atoms with van der Waals surface area (Å²) in [5, 5.41) is 0. The summed E-state index contributed by atoms with van der Waals surface area (Å²) in [6, 6.07) is 0. The van der Waals surface area contributed by atoms with E-state index < -0.39 is 0 Å². The van der Waals surface area contributed by atoms with E-state index in [0.29, 0.717) is 0 Å². The Morgan fingerprint density at radius 2 is 2.45 bits per heavy atom. The average Bonchev–Trinajstić information content (AvgIpc) is 2.62. The molecule has 1 saturated heterocycles. The van der Waals surface area contributed by atoms with Crippen molar-refractivity contribution in [3.05, 3.63) is 12.2 Å². The summed E-state index contributed by atoms with van der Waals surface area (Å²) in [6.45, 7) is 0. The number of hydrogen-bond acceptors (Lipinski definition) is 3. The molecule has 3 atom stereocenters. The van der Waals surface area contributed by atoms with E-state index in [1.54, 1.807) is 0 Å². The van der Waals surface area contributed by atoms with Gasteiger partial charge in [0.15, 0.2) is 0 Å². The molecule has 2 aliphatic heterocycles. The minimum absolute atomic E-state index is 0.0209. The number of fused-ring (bicyclic) bond motifs is 2. The minimum Gasteiger partial charge on any atom is -0.469 e. The van der Waals surface area contributed by atoms with Crippen LogP contribution in [0.15, 0.2) is 12.2 Å². The van der Waals surface area contributed by atoms with E-state index in [1.807, 2.05) is 12.2 Å². The van der Waals surface area contributed by atoms with Crippen LogP contribution in [0.2, 0.25) is 0 Å². The largest absolute Gasteiger partial charge is 0.469 e. The zero-order valence-electron chi connectivity index (χ0n) is 6.32. The second-order valence-corrected chi connectivity index (χ2v) is 2.89. The van der Waals surface area contributed by atoms with Gasteiger partial charge in [0.2, 0.25) is 0 Å². The standard InChI is InChI=1S/C8H10O3/c1-10-8(9)6-4-5-2-3-7(6)11-5/h2-3,5-7H,4H2,1H3/t5?,6-,7?/m0/s1. The molecule has 0 aromatic heterocycles. The Morgan fingerprint density at radius 1 is 1.64 bits per heavy atom. The normalized spacial score (nSPS) is 39.5. The van der Waals surface area contributed by atoms with E-state index in [2.05, 4.69) is 4.74 Å². The molecule has 0 radical (unpaired) electrons. The van der Waals surface area contributed by atoms with Crippen molar-refractivity contribution in [2.24, 2.45) is 5.92 Å². The molecule has 3 nitrogen and oxygen atoms in total. The summed E-state index contributed by atoms with van der Waals surface area (Å²) in [4.78, 5) is 11.1. The van der Waals surface area contributed by atoms with E-state index in [-0.39, 0.29) is 24.1 Å². The topological polar surface area (TPSA) is 35.5 Å². The van der Waals surface area contributed by atoms with Crippen molar-refractivity contribution in [2.45, 2.75) is 18.6 Å². The van der Waals surface area contributed by atoms with Crippen molar-refractivity contribution < 1.29 is 14.3 Å². The lowest BCUT2D eigenvalue weighted by Gasteiger charge is -2.11. The Bertz CT molecular complexity index is 209. The van der Waals surface area contributed by atoms with Gasteiger partial charge in [0, 0.05) is 0 Å². The van der Waals surface area contributed by atoms with Gasteiger partial charge in [-0.1, -0.05) is 12.2 Å². The highest BCUT2D eigenvalue weighted by Crippen LogP contribution is 2.34. The Labute approximate surface area is 65.0 Å². The third-order valence-electron chi connectivity index (χ3n) is 2.23. The van der Waals surface area contributed by atoms with Gasteiger partial charge in [0.05, 0.1) is 25.2 Å². The maximum absolute atomic E-state index is 11.1. The van der Waals surface area contributed by atoms with Gasteiger partial charge in [0.1, 0.15) is 0 Å². The van der Waals surface area contributed by atoms with Crippen LogP contribution in [0.25, 0.3) is 0 Å². The fourth-order valence-electron chi connectivity index (χ4n) is 1.66. The van der Waals surface area contributed by atoms with E-state index in [1.165, 1.54) is 7.11 Å². The maximum Gasteiger partial charge on any atom is 0.311 e. The number of carbonyl (C=O) groups excluding carboxylic acids is 1. The number of hydrogen-bond donors (Lipinski definition) is 0. The average molecular weight is 154 g/mol. The first kappa shape index (κ1) is 6.85. The van der Waals surface area contributed by atoms with Crippen molar-refractivity contribution in [1.29, 1.82) is 0 Å². The summed E-state index contributed by atoms with van der Waals surface area (Å²) in [7, 11) is 1.41. The molecule has 0 saturated carbocycles. The number of esters is 1. The van der Waals surface area contributed by atoms with Gasteiger partial charge in [-0.2, -0.15) is 0 Å². The van der Waals surface area contributed by atoms with E-state index >= 15 is 0 Å². The fourth-order valence-corrected chi connectivity index (χ4v) is 1.66. The molecule has 3 heteroatoms. The van der Waals surface area contributed by atoms with Crippen molar-refractivity contribution in [3.8, 4) is 0 Å². The van der Waals surface area contributed by atoms with Crippen LogP contribution in [0.5, 0.6) is 0 Å². The highest BCUT2D eigenvalue weighted by atomic mass is 16.5. The quantitative estimate of drug-likeness (QED) is 0.407. The lowest BCUT2D eigenvalue weighted by atomic mass is 9.95. The molecule has 2 aliphatic rings. The number of carbonyl (C=O) groups is 1. The molecule has 2 heterocycles. The Hall–Kier alpha value is -0.830. The van der Waals surface area contributed by atoms with Crippen LogP contribution in [0.1, 0.15) is 6.42 Å². The molecule has 2 bridgehead atoms. The first-order valence-corrected chi connectivity index (χ1v) is 3.73. The maximum atomic E-state index is 11.1. The summed E-state index contributed by atoms with van der Waals surface area (Å²) < 4.78 is 10.0. The molecule has 60 valence electrons. The van der Waals surface area contributed by atoms with Crippen molar-refractivity contribution in [3.63, 3.8) is 0 Å². The predicted octanol–water partition coefficient (Wildman–Crippen LogP) is 0.503. The van der Waals surface area contributed by atoms with Gasteiger partial charge >= 0.3 is 5.97 Å².